The molecule has 0 aromatic heterocycles. The molecular weight excluding hydrogens is 252 g/mol. The van der Waals surface area contributed by atoms with Crippen LogP contribution in [0.2, 0.25) is 0 Å². The number of fused-ring (bicyclic) bond motifs is 5. The van der Waals surface area contributed by atoms with Crippen LogP contribution in [0.3, 0.4) is 0 Å². The molecule has 0 aliphatic heterocycles. The second-order valence-corrected chi connectivity index (χ2v) is 7.29. The molecule has 0 unspecified atom stereocenters. The second-order valence-electron chi connectivity index (χ2n) is 7.29. The highest BCUT2D eigenvalue weighted by molar-refractivity contribution is 5.63. The van der Waals surface area contributed by atoms with E-state index in [-0.39, 0.29) is 0 Å². The molecule has 1 fully saturated rings. The number of rotatable bonds is 0. The Hall–Kier alpha value is -1.82. The molecule has 102 valence electrons. The van der Waals surface area contributed by atoms with Gasteiger partial charge in [0.1, 0.15) is 0 Å². The number of hydrogen-bond donors (Lipinski definition) is 0. The van der Waals surface area contributed by atoms with E-state index in [1.165, 1.54) is 19.3 Å². The van der Waals surface area contributed by atoms with Crippen molar-refractivity contribution in [2.75, 3.05) is 0 Å². The third-order valence-corrected chi connectivity index (χ3v) is 6.43. The van der Waals surface area contributed by atoms with Crippen molar-refractivity contribution in [2.24, 2.45) is 0 Å². The molecule has 4 bridgehead atoms. The van der Waals surface area contributed by atoms with Crippen LogP contribution in [0.1, 0.15) is 76.3 Å². The Morgan fingerprint density at radius 2 is 1.14 bits per heavy atom. The first-order valence-electron chi connectivity index (χ1n) is 8.35. The van der Waals surface area contributed by atoms with Gasteiger partial charge >= 0.3 is 0 Å². The van der Waals surface area contributed by atoms with Gasteiger partial charge in [0, 0.05) is 11.8 Å². The van der Waals surface area contributed by atoms with Crippen LogP contribution in [0.15, 0.2) is 48.6 Å². The minimum absolute atomic E-state index is 0.505. The number of benzene rings is 2. The molecule has 0 nitrogen and oxygen atoms in total. The fraction of sp³-hybridized carbons (Fsp3) is 0.333. The van der Waals surface area contributed by atoms with Crippen molar-refractivity contribution in [1.29, 1.82) is 0 Å². The Balaban J connectivity index is 1.63. The SMILES string of the molecule is C1=C[C@H]2c3ccccc3[C@H]1c1cc3c(cc12)[C@H]1CC[C@H]3C1. The van der Waals surface area contributed by atoms with Crippen LogP contribution in [0, 0.1) is 0 Å². The van der Waals surface area contributed by atoms with E-state index in [0.717, 1.165) is 11.8 Å². The Labute approximate surface area is 125 Å². The number of hydrogen-bond acceptors (Lipinski definition) is 0. The van der Waals surface area contributed by atoms with Crippen molar-refractivity contribution < 1.29 is 0 Å². The Kier molecular flexibility index (Phi) is 1.80. The van der Waals surface area contributed by atoms with E-state index in [0.29, 0.717) is 11.8 Å². The summed E-state index contributed by atoms with van der Waals surface area (Å²) >= 11 is 0. The highest BCUT2D eigenvalue weighted by Gasteiger charge is 2.40. The molecular formula is C21H18. The average molecular weight is 270 g/mol. The van der Waals surface area contributed by atoms with Crippen LogP contribution >= 0.6 is 0 Å². The molecule has 2 aromatic carbocycles. The first-order chi connectivity index (χ1) is 10.4. The van der Waals surface area contributed by atoms with Crippen LogP contribution in [0.4, 0.5) is 0 Å². The Morgan fingerprint density at radius 3 is 1.67 bits per heavy atom. The van der Waals surface area contributed by atoms with Crippen LogP contribution in [0.5, 0.6) is 0 Å². The summed E-state index contributed by atoms with van der Waals surface area (Å²) in [6.45, 7) is 0. The predicted molar refractivity (Wildman–Crippen MR) is 85.0 cm³/mol. The normalized spacial score (nSPS) is 33.0. The quantitative estimate of drug-likeness (QED) is 0.577. The van der Waals surface area contributed by atoms with Crippen LogP contribution in [0.25, 0.3) is 0 Å². The van der Waals surface area contributed by atoms with Crippen molar-refractivity contribution in [3.05, 3.63) is 81.9 Å². The van der Waals surface area contributed by atoms with Gasteiger partial charge in [0.05, 0.1) is 0 Å². The summed E-state index contributed by atoms with van der Waals surface area (Å²) in [5.41, 5.74) is 9.69. The van der Waals surface area contributed by atoms with Gasteiger partial charge in [-0.25, -0.2) is 0 Å². The maximum Gasteiger partial charge on any atom is 0.0276 e. The van der Waals surface area contributed by atoms with E-state index in [9.17, 15) is 0 Å². The summed E-state index contributed by atoms with van der Waals surface area (Å²) < 4.78 is 0. The summed E-state index contributed by atoms with van der Waals surface area (Å²) in [6.07, 6.45) is 9.16. The summed E-state index contributed by atoms with van der Waals surface area (Å²) in [6, 6.07) is 14.2. The molecule has 0 saturated heterocycles. The maximum atomic E-state index is 2.59. The molecule has 0 heteroatoms. The van der Waals surface area contributed by atoms with E-state index in [2.05, 4.69) is 48.6 Å². The summed E-state index contributed by atoms with van der Waals surface area (Å²) in [7, 11) is 0. The molecule has 21 heavy (non-hydrogen) atoms. The monoisotopic (exact) mass is 270 g/mol. The zero-order chi connectivity index (χ0) is 13.6. The molecule has 5 aliphatic carbocycles. The molecule has 0 heterocycles. The lowest BCUT2D eigenvalue weighted by Crippen LogP contribution is -2.21. The standard InChI is InChI=1S/C21H18/c1-2-4-15-14(3-1)16-7-8-17(15)21-11-19-13-6-5-12(9-13)18(19)10-20(16)21/h1-4,7-8,10-13,16-17H,5-6,9H2/t12-,13-,16-,17-/m0/s1. The number of allylic oxidation sites excluding steroid dienone is 2. The van der Waals surface area contributed by atoms with Crippen molar-refractivity contribution in [2.45, 2.75) is 42.9 Å². The summed E-state index contributed by atoms with van der Waals surface area (Å²) in [5.74, 6) is 2.75. The van der Waals surface area contributed by atoms with Crippen molar-refractivity contribution in [1.82, 2.24) is 0 Å². The fourth-order valence-electron chi connectivity index (χ4n) is 5.51. The maximum absolute atomic E-state index is 2.59. The first kappa shape index (κ1) is 10.8. The Bertz CT molecular complexity index is 745. The van der Waals surface area contributed by atoms with Gasteiger partial charge in [-0.1, -0.05) is 48.6 Å². The van der Waals surface area contributed by atoms with Gasteiger partial charge in [-0.05, 0) is 64.5 Å². The summed E-state index contributed by atoms with van der Waals surface area (Å²) in [5, 5.41) is 0. The largest absolute Gasteiger partial charge is 0.0757 e. The van der Waals surface area contributed by atoms with Crippen LogP contribution in [-0.4, -0.2) is 0 Å². The van der Waals surface area contributed by atoms with Crippen LogP contribution < -0.4 is 0 Å². The molecule has 4 atom stereocenters. The zero-order valence-corrected chi connectivity index (χ0v) is 12.0. The minimum atomic E-state index is 0.505. The Morgan fingerprint density at radius 1 is 0.619 bits per heavy atom. The lowest BCUT2D eigenvalue weighted by atomic mass is 9.66. The highest BCUT2D eigenvalue weighted by Crippen LogP contribution is 2.57. The van der Waals surface area contributed by atoms with Crippen molar-refractivity contribution in [3.8, 4) is 0 Å². The van der Waals surface area contributed by atoms with E-state index >= 15 is 0 Å². The minimum Gasteiger partial charge on any atom is -0.0757 e. The van der Waals surface area contributed by atoms with Gasteiger partial charge in [0.2, 0.25) is 0 Å². The van der Waals surface area contributed by atoms with Gasteiger partial charge < -0.3 is 0 Å². The second kappa shape index (κ2) is 3.50. The zero-order valence-electron chi connectivity index (χ0n) is 12.0. The smallest absolute Gasteiger partial charge is 0.0276 e. The lowest BCUT2D eigenvalue weighted by molar-refractivity contribution is 0.707. The van der Waals surface area contributed by atoms with Gasteiger partial charge in [-0.3, -0.25) is 0 Å². The molecule has 2 aromatic rings. The summed E-state index contributed by atoms with van der Waals surface area (Å²) in [4.78, 5) is 0. The topological polar surface area (TPSA) is 0 Å². The molecule has 0 N–H and O–H groups in total. The highest BCUT2D eigenvalue weighted by atomic mass is 14.4. The van der Waals surface area contributed by atoms with Crippen molar-refractivity contribution >= 4 is 0 Å². The first-order valence-corrected chi connectivity index (χ1v) is 8.35. The molecule has 0 spiro atoms. The van der Waals surface area contributed by atoms with Gasteiger partial charge in [-0.15, -0.1) is 0 Å². The van der Waals surface area contributed by atoms with E-state index in [4.69, 9.17) is 0 Å². The molecule has 0 radical (unpaired) electrons. The average Bonchev–Trinajstić information content (AvgIpc) is 3.16. The molecule has 7 rings (SSSR count). The third kappa shape index (κ3) is 1.19. The van der Waals surface area contributed by atoms with E-state index in [1.54, 1.807) is 33.4 Å². The third-order valence-electron chi connectivity index (χ3n) is 6.43. The van der Waals surface area contributed by atoms with E-state index in [1.807, 2.05) is 0 Å². The van der Waals surface area contributed by atoms with E-state index < -0.39 is 0 Å². The predicted octanol–water partition coefficient (Wildman–Crippen LogP) is 5.20. The van der Waals surface area contributed by atoms with Crippen LogP contribution in [-0.2, 0) is 0 Å². The van der Waals surface area contributed by atoms with Gasteiger partial charge in [0.15, 0.2) is 0 Å². The fourth-order valence-corrected chi connectivity index (χ4v) is 5.51. The lowest BCUT2D eigenvalue weighted by Gasteiger charge is -2.37. The van der Waals surface area contributed by atoms with Gasteiger partial charge in [0.25, 0.3) is 0 Å². The van der Waals surface area contributed by atoms with Gasteiger partial charge in [-0.2, -0.15) is 0 Å². The van der Waals surface area contributed by atoms with Crippen molar-refractivity contribution in [3.63, 3.8) is 0 Å². The molecule has 5 aliphatic rings. The molecule has 1 saturated carbocycles. The molecule has 0 amide bonds.